The minimum Gasteiger partial charge on any atom is -0.372 e. The summed E-state index contributed by atoms with van der Waals surface area (Å²) in [4.78, 5) is 12.0. The first-order chi connectivity index (χ1) is 8.20. The van der Waals surface area contributed by atoms with Crippen molar-refractivity contribution in [2.24, 2.45) is 0 Å². The van der Waals surface area contributed by atoms with Crippen LogP contribution in [0.25, 0.3) is 0 Å². The van der Waals surface area contributed by atoms with E-state index in [0.717, 1.165) is 12.7 Å². The van der Waals surface area contributed by atoms with Gasteiger partial charge in [-0.05, 0) is 25.5 Å². The largest absolute Gasteiger partial charge is 0.372 e. The molecule has 0 radical (unpaired) electrons. The van der Waals surface area contributed by atoms with Crippen molar-refractivity contribution in [2.75, 3.05) is 6.61 Å². The van der Waals surface area contributed by atoms with Gasteiger partial charge in [0.15, 0.2) is 0 Å². The Morgan fingerprint density at radius 1 is 1.47 bits per heavy atom. The molecule has 2 rings (SSSR count). The van der Waals surface area contributed by atoms with E-state index in [4.69, 9.17) is 4.74 Å². The van der Waals surface area contributed by atoms with Gasteiger partial charge in [0.2, 0.25) is 0 Å². The number of rotatable bonds is 4. The molecule has 0 saturated carbocycles. The average molecular weight is 248 g/mol. The quantitative estimate of drug-likeness (QED) is 0.605. The van der Waals surface area contributed by atoms with Crippen LogP contribution < -0.4 is 0 Å². The van der Waals surface area contributed by atoms with Crippen LogP contribution in [0.3, 0.4) is 0 Å². The third kappa shape index (κ3) is 2.99. The minimum atomic E-state index is -0.126. The Morgan fingerprint density at radius 3 is 2.82 bits per heavy atom. The molecule has 0 amide bonds. The fourth-order valence-electron chi connectivity index (χ4n) is 1.90. The summed E-state index contributed by atoms with van der Waals surface area (Å²) in [7, 11) is 0. The Morgan fingerprint density at radius 2 is 2.18 bits per heavy atom. The van der Waals surface area contributed by atoms with E-state index in [2.05, 4.69) is 37.8 Å². The second kappa shape index (κ2) is 5.52. The third-order valence-corrected chi connectivity index (χ3v) is 4.19. The molecule has 0 spiro atoms. The van der Waals surface area contributed by atoms with E-state index < -0.39 is 0 Å². The van der Waals surface area contributed by atoms with Crippen LogP contribution in [0.1, 0.15) is 12.0 Å². The van der Waals surface area contributed by atoms with Crippen molar-refractivity contribution >= 4 is 18.0 Å². The molecule has 17 heavy (non-hydrogen) atoms. The monoisotopic (exact) mass is 248 g/mol. The highest BCUT2D eigenvalue weighted by molar-refractivity contribution is 8.00. The number of hydrogen-bond donors (Lipinski definition) is 0. The van der Waals surface area contributed by atoms with Crippen molar-refractivity contribution in [3.05, 3.63) is 42.0 Å². The Kier molecular flexibility index (Phi) is 4.02. The molecule has 90 valence electrons. The van der Waals surface area contributed by atoms with E-state index in [0.29, 0.717) is 17.4 Å². The second-order valence-electron chi connectivity index (χ2n) is 4.24. The maximum absolute atomic E-state index is 10.7. The molecule has 0 aromatic heterocycles. The van der Waals surface area contributed by atoms with E-state index in [1.807, 2.05) is 0 Å². The molecule has 0 aliphatic carbocycles. The third-order valence-electron chi connectivity index (χ3n) is 2.86. The highest BCUT2D eigenvalue weighted by Crippen LogP contribution is 2.34. The topological polar surface area (TPSA) is 26.3 Å². The molecular weight excluding hydrogens is 232 g/mol. The first kappa shape index (κ1) is 12.4. The molecule has 0 N–H and O–H groups in total. The summed E-state index contributed by atoms with van der Waals surface area (Å²) in [6.45, 7) is 6.54. The SMILES string of the molecule is C=C(C=O)C1OCCC1Sc1ccc(C)cc1. The van der Waals surface area contributed by atoms with Crippen molar-refractivity contribution in [3.63, 3.8) is 0 Å². The summed E-state index contributed by atoms with van der Waals surface area (Å²) in [6.07, 6.45) is 1.65. The van der Waals surface area contributed by atoms with Crippen LogP contribution in [0, 0.1) is 6.92 Å². The average Bonchev–Trinajstić information content (AvgIpc) is 2.79. The molecule has 1 aliphatic heterocycles. The zero-order valence-electron chi connectivity index (χ0n) is 9.89. The summed E-state index contributed by atoms with van der Waals surface area (Å²) >= 11 is 1.77. The number of carbonyl (C=O) groups excluding carboxylic acids is 1. The van der Waals surface area contributed by atoms with E-state index in [1.165, 1.54) is 10.5 Å². The molecule has 1 aromatic carbocycles. The van der Waals surface area contributed by atoms with Crippen LogP contribution in [-0.4, -0.2) is 24.2 Å². The molecule has 2 nitrogen and oxygen atoms in total. The normalized spacial score (nSPS) is 23.6. The molecule has 2 atom stereocenters. The van der Waals surface area contributed by atoms with E-state index in [1.54, 1.807) is 11.8 Å². The number of benzene rings is 1. The van der Waals surface area contributed by atoms with Crippen molar-refractivity contribution in [1.82, 2.24) is 0 Å². The zero-order valence-corrected chi connectivity index (χ0v) is 10.7. The second-order valence-corrected chi connectivity index (χ2v) is 5.55. The van der Waals surface area contributed by atoms with Crippen LogP contribution in [0.2, 0.25) is 0 Å². The number of aldehydes is 1. The van der Waals surface area contributed by atoms with Gasteiger partial charge in [0.25, 0.3) is 0 Å². The number of thioether (sulfide) groups is 1. The molecular formula is C14H16O2S. The van der Waals surface area contributed by atoms with Gasteiger partial charge in [-0.15, -0.1) is 11.8 Å². The van der Waals surface area contributed by atoms with Gasteiger partial charge >= 0.3 is 0 Å². The molecule has 1 fully saturated rings. The highest BCUT2D eigenvalue weighted by atomic mass is 32.2. The summed E-state index contributed by atoms with van der Waals surface area (Å²) in [5, 5.41) is 0.301. The predicted molar refractivity (Wildman–Crippen MR) is 70.4 cm³/mol. The van der Waals surface area contributed by atoms with Gasteiger partial charge in [0.05, 0.1) is 6.10 Å². The van der Waals surface area contributed by atoms with Gasteiger partial charge in [0, 0.05) is 22.3 Å². The highest BCUT2D eigenvalue weighted by Gasteiger charge is 2.30. The number of hydrogen-bond acceptors (Lipinski definition) is 3. The first-order valence-electron chi connectivity index (χ1n) is 5.69. The lowest BCUT2D eigenvalue weighted by Gasteiger charge is -2.17. The Balaban J connectivity index is 2.05. The summed E-state index contributed by atoms with van der Waals surface area (Å²) in [5.74, 6) is 0. The number of carbonyl (C=O) groups is 1. The number of ether oxygens (including phenoxy) is 1. The zero-order chi connectivity index (χ0) is 12.3. The smallest absolute Gasteiger partial charge is 0.148 e. The van der Waals surface area contributed by atoms with Crippen LogP contribution in [-0.2, 0) is 9.53 Å². The van der Waals surface area contributed by atoms with Crippen LogP contribution >= 0.6 is 11.8 Å². The molecule has 2 unspecified atom stereocenters. The fourth-order valence-corrected chi connectivity index (χ4v) is 3.13. The lowest BCUT2D eigenvalue weighted by atomic mass is 10.1. The Labute approximate surface area is 106 Å². The van der Waals surface area contributed by atoms with Gasteiger partial charge in [0.1, 0.15) is 6.29 Å². The van der Waals surface area contributed by atoms with Crippen LogP contribution in [0.15, 0.2) is 41.3 Å². The minimum absolute atomic E-state index is 0.126. The molecule has 1 aliphatic rings. The van der Waals surface area contributed by atoms with Crippen LogP contribution in [0.4, 0.5) is 0 Å². The summed E-state index contributed by atoms with van der Waals surface area (Å²) < 4.78 is 5.56. The standard InChI is InChI=1S/C14H16O2S/c1-10-3-5-12(6-4-10)17-13-7-8-16-14(13)11(2)9-15/h3-6,9,13-14H,2,7-8H2,1H3. The van der Waals surface area contributed by atoms with Crippen LogP contribution in [0.5, 0.6) is 0 Å². The predicted octanol–water partition coefficient (Wildman–Crippen LogP) is 3.00. The maximum atomic E-state index is 10.7. The van der Waals surface area contributed by atoms with Crippen molar-refractivity contribution in [1.29, 1.82) is 0 Å². The van der Waals surface area contributed by atoms with Crippen molar-refractivity contribution in [3.8, 4) is 0 Å². The maximum Gasteiger partial charge on any atom is 0.148 e. The van der Waals surface area contributed by atoms with E-state index in [-0.39, 0.29) is 6.10 Å². The molecule has 0 bridgehead atoms. The lowest BCUT2D eigenvalue weighted by Crippen LogP contribution is -2.20. The molecule has 1 saturated heterocycles. The Hall–Kier alpha value is -1.06. The Bertz CT molecular complexity index is 411. The van der Waals surface area contributed by atoms with Gasteiger partial charge in [-0.1, -0.05) is 24.3 Å². The van der Waals surface area contributed by atoms with E-state index in [9.17, 15) is 4.79 Å². The van der Waals surface area contributed by atoms with Crippen molar-refractivity contribution in [2.45, 2.75) is 29.6 Å². The summed E-state index contributed by atoms with van der Waals surface area (Å²) in [6, 6.07) is 8.42. The van der Waals surface area contributed by atoms with Gasteiger partial charge in [-0.25, -0.2) is 0 Å². The fraction of sp³-hybridized carbons (Fsp3) is 0.357. The van der Waals surface area contributed by atoms with Gasteiger partial charge in [-0.2, -0.15) is 0 Å². The molecule has 1 aromatic rings. The van der Waals surface area contributed by atoms with Gasteiger partial charge < -0.3 is 4.74 Å². The van der Waals surface area contributed by atoms with Crippen molar-refractivity contribution < 1.29 is 9.53 Å². The summed E-state index contributed by atoms with van der Waals surface area (Å²) in [5.41, 5.74) is 1.80. The molecule has 3 heteroatoms. The lowest BCUT2D eigenvalue weighted by molar-refractivity contribution is -0.105. The van der Waals surface area contributed by atoms with Gasteiger partial charge in [-0.3, -0.25) is 4.79 Å². The number of aryl methyl sites for hydroxylation is 1. The van der Waals surface area contributed by atoms with E-state index >= 15 is 0 Å². The molecule has 1 heterocycles. The first-order valence-corrected chi connectivity index (χ1v) is 6.57.